The van der Waals surface area contributed by atoms with Crippen LogP contribution < -0.4 is 5.32 Å². The van der Waals surface area contributed by atoms with Crippen molar-refractivity contribution < 1.29 is 9.18 Å². The monoisotopic (exact) mass is 417 g/mol. The fraction of sp³-hybridized carbons (Fsp3) is 0.105. The predicted octanol–water partition coefficient (Wildman–Crippen LogP) is 4.97. The van der Waals surface area contributed by atoms with Crippen molar-refractivity contribution in [2.75, 3.05) is 5.32 Å². The Hall–Kier alpha value is -2.90. The molecule has 4 aromatic rings. The van der Waals surface area contributed by atoms with Crippen molar-refractivity contribution in [3.8, 4) is 11.4 Å². The van der Waals surface area contributed by atoms with Crippen LogP contribution in [0.25, 0.3) is 22.4 Å². The smallest absolute Gasteiger partial charge is 0.256 e. The van der Waals surface area contributed by atoms with E-state index in [-0.39, 0.29) is 27.3 Å². The van der Waals surface area contributed by atoms with Crippen molar-refractivity contribution in [3.63, 3.8) is 0 Å². The Morgan fingerprint density at radius 3 is 2.68 bits per heavy atom. The highest BCUT2D eigenvalue weighted by Crippen LogP contribution is 2.32. The second-order valence-electron chi connectivity index (χ2n) is 6.28. The van der Waals surface area contributed by atoms with Gasteiger partial charge in [-0.05, 0) is 31.2 Å². The van der Waals surface area contributed by atoms with Gasteiger partial charge in [-0.2, -0.15) is 5.10 Å². The fourth-order valence-corrected chi connectivity index (χ4v) is 3.48. The Balaban J connectivity index is 1.74. The number of nitrogens with zero attached hydrogens (tertiary/aromatic N) is 3. The molecule has 28 heavy (non-hydrogen) atoms. The first-order valence-corrected chi connectivity index (χ1v) is 9.04. The maximum Gasteiger partial charge on any atom is 0.256 e. The molecule has 6 nitrogen and oxygen atoms in total. The van der Waals surface area contributed by atoms with Gasteiger partial charge in [0.15, 0.2) is 0 Å². The van der Waals surface area contributed by atoms with Crippen LogP contribution in [0, 0.1) is 12.7 Å². The van der Waals surface area contributed by atoms with Gasteiger partial charge in [-0.15, -0.1) is 0 Å². The van der Waals surface area contributed by atoms with Gasteiger partial charge in [0.25, 0.3) is 5.91 Å². The number of imidazole rings is 1. The summed E-state index contributed by atoms with van der Waals surface area (Å²) >= 11 is 12.4. The zero-order chi connectivity index (χ0) is 20.0. The highest BCUT2D eigenvalue weighted by molar-refractivity contribution is 6.36. The summed E-state index contributed by atoms with van der Waals surface area (Å²) in [4.78, 5) is 20.0. The number of nitrogens with one attached hydrogen (secondary N) is 2. The molecule has 0 atom stereocenters. The molecule has 0 unspecified atom stereocenters. The van der Waals surface area contributed by atoms with Crippen LogP contribution in [0.1, 0.15) is 16.1 Å². The molecule has 0 aliphatic rings. The lowest BCUT2D eigenvalue weighted by Crippen LogP contribution is -2.14. The number of carbonyl (C=O) groups excluding carboxylic acids is 1. The van der Waals surface area contributed by atoms with Crippen molar-refractivity contribution in [1.82, 2.24) is 19.7 Å². The van der Waals surface area contributed by atoms with Gasteiger partial charge in [0, 0.05) is 18.7 Å². The molecule has 9 heteroatoms. The SMILES string of the molecule is Cc1cc(NC(=O)c2cc(Cl)c3nc(-c4c(F)cccc4Cl)[nH]c3c2)n(C)n1. The van der Waals surface area contributed by atoms with E-state index >= 15 is 0 Å². The van der Waals surface area contributed by atoms with E-state index in [1.807, 2.05) is 6.92 Å². The molecule has 0 bridgehead atoms. The average molecular weight is 418 g/mol. The van der Waals surface area contributed by atoms with Gasteiger partial charge in [0.1, 0.15) is 23.0 Å². The van der Waals surface area contributed by atoms with Crippen LogP contribution in [0.5, 0.6) is 0 Å². The van der Waals surface area contributed by atoms with Crippen LogP contribution in [0.15, 0.2) is 36.4 Å². The van der Waals surface area contributed by atoms with Crippen molar-refractivity contribution in [3.05, 3.63) is 63.5 Å². The first-order valence-electron chi connectivity index (χ1n) is 8.29. The van der Waals surface area contributed by atoms with Crippen molar-refractivity contribution in [1.29, 1.82) is 0 Å². The minimum atomic E-state index is -0.507. The molecule has 0 saturated heterocycles. The number of fused-ring (bicyclic) bond motifs is 1. The maximum atomic E-state index is 14.2. The lowest BCUT2D eigenvalue weighted by atomic mass is 10.2. The zero-order valence-electron chi connectivity index (χ0n) is 14.8. The predicted molar refractivity (Wildman–Crippen MR) is 107 cm³/mol. The van der Waals surface area contributed by atoms with Gasteiger partial charge < -0.3 is 10.3 Å². The van der Waals surface area contributed by atoms with Gasteiger partial charge >= 0.3 is 0 Å². The largest absolute Gasteiger partial charge is 0.338 e. The van der Waals surface area contributed by atoms with Gasteiger partial charge in [0.2, 0.25) is 0 Å². The van der Waals surface area contributed by atoms with E-state index in [1.54, 1.807) is 29.9 Å². The number of halogens is 3. The number of hydrogen-bond acceptors (Lipinski definition) is 3. The molecule has 2 aromatic carbocycles. The highest BCUT2D eigenvalue weighted by Gasteiger charge is 2.18. The Morgan fingerprint density at radius 2 is 2.00 bits per heavy atom. The van der Waals surface area contributed by atoms with E-state index in [9.17, 15) is 9.18 Å². The third-order valence-electron chi connectivity index (χ3n) is 4.25. The van der Waals surface area contributed by atoms with Crippen LogP contribution in [0.4, 0.5) is 10.2 Å². The highest BCUT2D eigenvalue weighted by atomic mass is 35.5. The molecule has 1 amide bonds. The summed E-state index contributed by atoms with van der Waals surface area (Å²) in [5.41, 5.74) is 2.17. The van der Waals surface area contributed by atoms with E-state index in [0.29, 0.717) is 22.4 Å². The number of aromatic amines is 1. The van der Waals surface area contributed by atoms with E-state index < -0.39 is 5.82 Å². The standard InChI is InChI=1S/C19H14Cl2FN5O/c1-9-6-15(27(2)26-9)24-19(28)10-7-12(21)17-14(8-10)23-18(25-17)16-11(20)4-3-5-13(16)22/h3-8H,1-2H3,(H,23,25)(H,24,28). The topological polar surface area (TPSA) is 75.6 Å². The number of rotatable bonds is 3. The molecule has 142 valence electrons. The van der Waals surface area contributed by atoms with Crippen molar-refractivity contribution in [2.45, 2.75) is 6.92 Å². The molecule has 0 spiro atoms. The Morgan fingerprint density at radius 1 is 1.21 bits per heavy atom. The minimum Gasteiger partial charge on any atom is -0.338 e. The summed E-state index contributed by atoms with van der Waals surface area (Å²) in [6.07, 6.45) is 0. The number of amides is 1. The molecular weight excluding hydrogens is 404 g/mol. The van der Waals surface area contributed by atoms with Crippen LogP contribution in [-0.4, -0.2) is 25.7 Å². The normalized spacial score (nSPS) is 11.2. The summed E-state index contributed by atoms with van der Waals surface area (Å²) in [7, 11) is 1.73. The summed E-state index contributed by atoms with van der Waals surface area (Å²) in [6.45, 7) is 1.83. The molecule has 0 saturated carbocycles. The summed E-state index contributed by atoms with van der Waals surface area (Å²) in [5, 5.41) is 7.46. The minimum absolute atomic E-state index is 0.146. The summed E-state index contributed by atoms with van der Waals surface area (Å²) in [6, 6.07) is 9.25. The van der Waals surface area contributed by atoms with Gasteiger partial charge in [-0.3, -0.25) is 9.48 Å². The molecule has 2 heterocycles. The second-order valence-corrected chi connectivity index (χ2v) is 7.10. The van der Waals surface area contributed by atoms with Gasteiger partial charge in [-0.25, -0.2) is 9.37 Å². The summed E-state index contributed by atoms with van der Waals surface area (Å²) < 4.78 is 15.8. The van der Waals surface area contributed by atoms with Crippen LogP contribution >= 0.6 is 23.2 Å². The Kier molecular flexibility index (Phi) is 4.56. The number of benzene rings is 2. The van der Waals surface area contributed by atoms with Gasteiger partial charge in [0.05, 0.1) is 26.8 Å². The molecule has 2 N–H and O–H groups in total. The third-order valence-corrected chi connectivity index (χ3v) is 4.85. The lowest BCUT2D eigenvalue weighted by Gasteiger charge is -2.06. The summed E-state index contributed by atoms with van der Waals surface area (Å²) in [5.74, 6) is -0.0685. The van der Waals surface area contributed by atoms with Crippen LogP contribution in [0.2, 0.25) is 10.0 Å². The molecular formula is C19H14Cl2FN5O. The van der Waals surface area contributed by atoms with E-state index in [1.165, 1.54) is 18.2 Å². The Bertz CT molecular complexity index is 1210. The number of H-pyrrole nitrogens is 1. The first kappa shape index (κ1) is 18.5. The van der Waals surface area contributed by atoms with Crippen LogP contribution in [0.3, 0.4) is 0 Å². The van der Waals surface area contributed by atoms with E-state index in [4.69, 9.17) is 23.2 Å². The quantitative estimate of drug-likeness (QED) is 0.493. The van der Waals surface area contributed by atoms with Crippen molar-refractivity contribution >= 4 is 46.0 Å². The maximum absolute atomic E-state index is 14.2. The molecule has 2 aromatic heterocycles. The number of hydrogen-bond donors (Lipinski definition) is 2. The molecule has 0 fully saturated rings. The fourth-order valence-electron chi connectivity index (χ4n) is 2.96. The van der Waals surface area contributed by atoms with Crippen LogP contribution in [-0.2, 0) is 7.05 Å². The number of anilines is 1. The average Bonchev–Trinajstić information content (AvgIpc) is 3.18. The third kappa shape index (κ3) is 3.23. The number of aromatic nitrogens is 4. The van der Waals surface area contributed by atoms with E-state index in [2.05, 4.69) is 20.4 Å². The molecule has 0 aliphatic heterocycles. The lowest BCUT2D eigenvalue weighted by molar-refractivity contribution is 0.102. The zero-order valence-corrected chi connectivity index (χ0v) is 16.4. The Labute approximate surface area is 169 Å². The molecule has 4 rings (SSSR count). The van der Waals surface area contributed by atoms with Gasteiger partial charge in [-0.1, -0.05) is 29.3 Å². The van der Waals surface area contributed by atoms with E-state index in [0.717, 1.165) is 5.69 Å². The second kappa shape index (κ2) is 6.92. The number of carbonyl (C=O) groups is 1. The first-order chi connectivity index (χ1) is 13.3. The number of aryl methyl sites for hydroxylation is 2. The molecule has 0 aliphatic carbocycles. The molecule has 0 radical (unpaired) electrons. The van der Waals surface area contributed by atoms with Crippen molar-refractivity contribution in [2.24, 2.45) is 7.05 Å².